The van der Waals surface area contributed by atoms with Crippen molar-refractivity contribution >= 4 is 12.2 Å². The van der Waals surface area contributed by atoms with Gasteiger partial charge in [0, 0.05) is 5.56 Å². The monoisotopic (exact) mass is 353 g/mol. The summed E-state index contributed by atoms with van der Waals surface area (Å²) in [6.07, 6.45) is 2.99. The summed E-state index contributed by atoms with van der Waals surface area (Å²) in [6.45, 7) is 1.94. The van der Waals surface area contributed by atoms with Crippen LogP contribution in [0.5, 0.6) is 11.5 Å². The summed E-state index contributed by atoms with van der Waals surface area (Å²) in [7, 11) is 1.50. The molecule has 1 unspecified atom stereocenters. The van der Waals surface area contributed by atoms with Gasteiger partial charge in [0.2, 0.25) is 0 Å². The van der Waals surface area contributed by atoms with Gasteiger partial charge in [-0.15, -0.1) is 0 Å². The number of amides is 1. The van der Waals surface area contributed by atoms with Crippen molar-refractivity contribution in [3.8, 4) is 11.5 Å². The lowest BCUT2D eigenvalue weighted by atomic mass is 10.0. The maximum Gasteiger partial charge on any atom is 0.258 e. The standard InChI is InChI=1S/C21H23NO4/c1-14-3-6-16(7-4-14)21(17-8-9-17)22-20(24)13-26-18-10-5-15(12-23)11-19(18)25-2/h3-7,10-12,17,21H,8-9,13H2,1-2H3,(H,22,24). The number of hydrogen-bond acceptors (Lipinski definition) is 4. The third kappa shape index (κ3) is 4.42. The minimum atomic E-state index is -0.177. The molecule has 3 rings (SSSR count). The molecule has 1 saturated carbocycles. The Kier molecular flexibility index (Phi) is 5.56. The third-order valence-corrected chi connectivity index (χ3v) is 4.53. The zero-order valence-corrected chi connectivity index (χ0v) is 15.0. The van der Waals surface area contributed by atoms with Gasteiger partial charge >= 0.3 is 0 Å². The molecule has 1 aliphatic carbocycles. The first-order chi connectivity index (χ1) is 12.6. The van der Waals surface area contributed by atoms with Crippen molar-refractivity contribution in [1.29, 1.82) is 0 Å². The fourth-order valence-electron chi connectivity index (χ4n) is 2.91. The molecule has 0 aliphatic heterocycles. The highest BCUT2D eigenvalue weighted by molar-refractivity contribution is 5.79. The van der Waals surface area contributed by atoms with E-state index in [9.17, 15) is 9.59 Å². The molecule has 0 spiro atoms. The van der Waals surface area contributed by atoms with E-state index in [0.717, 1.165) is 24.7 Å². The van der Waals surface area contributed by atoms with Crippen molar-refractivity contribution in [2.45, 2.75) is 25.8 Å². The van der Waals surface area contributed by atoms with Crippen LogP contribution >= 0.6 is 0 Å². The molecule has 1 fully saturated rings. The summed E-state index contributed by atoms with van der Waals surface area (Å²) in [5, 5.41) is 3.08. The Morgan fingerprint density at radius 3 is 2.54 bits per heavy atom. The number of carbonyl (C=O) groups is 2. The summed E-state index contributed by atoms with van der Waals surface area (Å²) in [6, 6.07) is 13.1. The van der Waals surface area contributed by atoms with Crippen LogP contribution in [-0.2, 0) is 4.79 Å². The predicted molar refractivity (Wildman–Crippen MR) is 98.7 cm³/mol. The smallest absolute Gasteiger partial charge is 0.258 e. The molecule has 1 aliphatic rings. The minimum absolute atomic E-state index is 0.0195. The fraction of sp³-hybridized carbons (Fsp3) is 0.333. The summed E-state index contributed by atoms with van der Waals surface area (Å²) in [4.78, 5) is 23.2. The number of benzene rings is 2. The number of aldehydes is 1. The molecule has 0 bridgehead atoms. The molecule has 5 heteroatoms. The fourth-order valence-corrected chi connectivity index (χ4v) is 2.91. The molecule has 26 heavy (non-hydrogen) atoms. The Morgan fingerprint density at radius 1 is 1.19 bits per heavy atom. The second kappa shape index (κ2) is 8.04. The highest BCUT2D eigenvalue weighted by Crippen LogP contribution is 2.41. The van der Waals surface area contributed by atoms with Crippen molar-refractivity contribution in [3.05, 3.63) is 59.2 Å². The predicted octanol–water partition coefficient (Wildman–Crippen LogP) is 3.46. The van der Waals surface area contributed by atoms with Crippen LogP contribution in [0.2, 0.25) is 0 Å². The van der Waals surface area contributed by atoms with E-state index in [4.69, 9.17) is 9.47 Å². The number of aryl methyl sites for hydroxylation is 1. The SMILES string of the molecule is COc1cc(C=O)ccc1OCC(=O)NC(c1ccc(C)cc1)C1CC1. The number of carbonyl (C=O) groups excluding carboxylic acids is 2. The minimum Gasteiger partial charge on any atom is -0.493 e. The van der Waals surface area contributed by atoms with Crippen molar-refractivity contribution in [1.82, 2.24) is 5.32 Å². The van der Waals surface area contributed by atoms with E-state index in [-0.39, 0.29) is 18.6 Å². The molecule has 5 nitrogen and oxygen atoms in total. The van der Waals surface area contributed by atoms with Crippen LogP contribution in [0, 0.1) is 12.8 Å². The van der Waals surface area contributed by atoms with E-state index in [1.54, 1.807) is 18.2 Å². The van der Waals surface area contributed by atoms with E-state index < -0.39 is 0 Å². The molecule has 1 amide bonds. The van der Waals surface area contributed by atoms with Gasteiger partial charge in [-0.05, 0) is 49.4 Å². The lowest BCUT2D eigenvalue weighted by Crippen LogP contribution is -2.33. The second-order valence-corrected chi connectivity index (χ2v) is 6.61. The average molecular weight is 353 g/mol. The Hall–Kier alpha value is -2.82. The Balaban J connectivity index is 1.62. The lowest BCUT2D eigenvalue weighted by Gasteiger charge is -2.19. The van der Waals surface area contributed by atoms with Gasteiger partial charge < -0.3 is 14.8 Å². The first-order valence-corrected chi connectivity index (χ1v) is 8.72. The van der Waals surface area contributed by atoms with Gasteiger partial charge in [-0.3, -0.25) is 9.59 Å². The van der Waals surface area contributed by atoms with Crippen LogP contribution in [0.4, 0.5) is 0 Å². The molecule has 1 N–H and O–H groups in total. The Labute approximate surface area is 153 Å². The summed E-state index contributed by atoms with van der Waals surface area (Å²) in [5.41, 5.74) is 2.81. The highest BCUT2D eigenvalue weighted by Gasteiger charge is 2.33. The molecule has 0 heterocycles. The first kappa shape index (κ1) is 18.0. The van der Waals surface area contributed by atoms with Gasteiger partial charge in [0.25, 0.3) is 5.91 Å². The Morgan fingerprint density at radius 2 is 1.92 bits per heavy atom. The van der Waals surface area contributed by atoms with E-state index in [0.29, 0.717) is 23.0 Å². The average Bonchev–Trinajstić information content (AvgIpc) is 3.50. The number of rotatable bonds is 8. The number of hydrogen-bond donors (Lipinski definition) is 1. The Bertz CT molecular complexity index is 781. The molecule has 0 radical (unpaired) electrons. The van der Waals surface area contributed by atoms with Gasteiger partial charge in [0.1, 0.15) is 6.29 Å². The molecule has 2 aromatic rings. The number of ether oxygens (including phenoxy) is 2. The molecular formula is C21H23NO4. The molecule has 136 valence electrons. The van der Waals surface area contributed by atoms with Crippen LogP contribution in [0.25, 0.3) is 0 Å². The van der Waals surface area contributed by atoms with Crippen molar-refractivity contribution in [2.75, 3.05) is 13.7 Å². The van der Waals surface area contributed by atoms with Crippen LogP contribution in [0.15, 0.2) is 42.5 Å². The van der Waals surface area contributed by atoms with E-state index >= 15 is 0 Å². The third-order valence-electron chi connectivity index (χ3n) is 4.53. The van der Waals surface area contributed by atoms with Crippen LogP contribution in [-0.4, -0.2) is 25.9 Å². The quantitative estimate of drug-likeness (QED) is 0.738. The van der Waals surface area contributed by atoms with Gasteiger partial charge in [-0.1, -0.05) is 29.8 Å². The van der Waals surface area contributed by atoms with E-state index in [2.05, 4.69) is 29.6 Å². The van der Waals surface area contributed by atoms with Crippen molar-refractivity contribution in [2.24, 2.45) is 5.92 Å². The summed E-state index contributed by atoms with van der Waals surface area (Å²) < 4.78 is 10.8. The second-order valence-electron chi connectivity index (χ2n) is 6.61. The maximum atomic E-state index is 12.4. The zero-order valence-electron chi connectivity index (χ0n) is 15.0. The summed E-state index contributed by atoms with van der Waals surface area (Å²) in [5.74, 6) is 1.18. The maximum absolute atomic E-state index is 12.4. The van der Waals surface area contributed by atoms with Gasteiger partial charge in [0.15, 0.2) is 18.1 Å². The van der Waals surface area contributed by atoms with Crippen molar-refractivity contribution in [3.63, 3.8) is 0 Å². The normalized spacial score (nSPS) is 14.4. The van der Waals surface area contributed by atoms with Crippen LogP contribution in [0.1, 0.15) is 40.4 Å². The zero-order chi connectivity index (χ0) is 18.5. The molecule has 2 aromatic carbocycles. The number of methoxy groups -OCH3 is 1. The van der Waals surface area contributed by atoms with Gasteiger partial charge in [-0.2, -0.15) is 0 Å². The van der Waals surface area contributed by atoms with Crippen LogP contribution in [0.3, 0.4) is 0 Å². The van der Waals surface area contributed by atoms with Crippen molar-refractivity contribution < 1.29 is 19.1 Å². The molecular weight excluding hydrogens is 330 g/mol. The molecule has 0 aromatic heterocycles. The van der Waals surface area contributed by atoms with Gasteiger partial charge in [0.05, 0.1) is 13.2 Å². The van der Waals surface area contributed by atoms with Crippen LogP contribution < -0.4 is 14.8 Å². The number of nitrogens with one attached hydrogen (secondary N) is 1. The molecule has 1 atom stereocenters. The lowest BCUT2D eigenvalue weighted by molar-refractivity contribution is -0.124. The summed E-state index contributed by atoms with van der Waals surface area (Å²) >= 11 is 0. The molecule has 0 saturated heterocycles. The van der Waals surface area contributed by atoms with E-state index in [1.165, 1.54) is 12.7 Å². The first-order valence-electron chi connectivity index (χ1n) is 8.72. The topological polar surface area (TPSA) is 64.6 Å². The highest BCUT2D eigenvalue weighted by atomic mass is 16.5. The van der Waals surface area contributed by atoms with Gasteiger partial charge in [-0.25, -0.2) is 0 Å². The largest absolute Gasteiger partial charge is 0.493 e. The van der Waals surface area contributed by atoms with E-state index in [1.807, 2.05) is 6.92 Å².